The van der Waals surface area contributed by atoms with Crippen molar-refractivity contribution in [2.75, 3.05) is 6.54 Å². The van der Waals surface area contributed by atoms with E-state index in [1.165, 1.54) is 22.3 Å². The lowest BCUT2D eigenvalue weighted by molar-refractivity contribution is 0.525. The number of aromatic nitrogens is 1. The van der Waals surface area contributed by atoms with Gasteiger partial charge >= 0.3 is 0 Å². The quantitative estimate of drug-likeness (QED) is 0.855. The third-order valence-electron chi connectivity index (χ3n) is 4.08. The van der Waals surface area contributed by atoms with Crippen molar-refractivity contribution >= 4 is 0 Å². The molecule has 2 nitrogen and oxygen atoms in total. The second-order valence-electron chi connectivity index (χ2n) is 5.81. The van der Waals surface area contributed by atoms with Gasteiger partial charge in [0.1, 0.15) is 0 Å². The molecule has 0 spiro atoms. The number of hydrogen-bond acceptors (Lipinski definition) is 2. The Morgan fingerprint density at radius 1 is 1.10 bits per heavy atom. The number of pyridine rings is 1. The maximum absolute atomic E-state index is 4.44. The monoisotopic (exact) mass is 282 g/mol. The van der Waals surface area contributed by atoms with Crippen LogP contribution in [0.5, 0.6) is 0 Å². The first-order valence-corrected chi connectivity index (χ1v) is 7.82. The van der Waals surface area contributed by atoms with Gasteiger partial charge in [0.25, 0.3) is 0 Å². The highest BCUT2D eigenvalue weighted by Crippen LogP contribution is 2.22. The Hall–Kier alpha value is -1.67. The van der Waals surface area contributed by atoms with Crippen molar-refractivity contribution in [1.82, 2.24) is 10.3 Å². The minimum Gasteiger partial charge on any atom is -0.310 e. The zero-order chi connectivity index (χ0) is 15.2. The van der Waals surface area contributed by atoms with Crippen molar-refractivity contribution < 1.29 is 0 Å². The highest BCUT2D eigenvalue weighted by Gasteiger charge is 2.14. The number of benzene rings is 1. The molecular weight excluding hydrogens is 256 g/mol. The molecule has 1 heterocycles. The molecular formula is C19H26N2. The van der Waals surface area contributed by atoms with E-state index < -0.39 is 0 Å². The first-order chi connectivity index (χ1) is 10.1. The molecule has 21 heavy (non-hydrogen) atoms. The topological polar surface area (TPSA) is 24.9 Å². The summed E-state index contributed by atoms with van der Waals surface area (Å²) in [5.41, 5.74) is 6.54. The van der Waals surface area contributed by atoms with Crippen molar-refractivity contribution in [3.8, 4) is 0 Å². The molecule has 1 aromatic carbocycles. The van der Waals surface area contributed by atoms with Gasteiger partial charge < -0.3 is 5.32 Å². The summed E-state index contributed by atoms with van der Waals surface area (Å²) in [4.78, 5) is 4.44. The number of nitrogens with zero attached hydrogens (tertiary/aromatic N) is 1. The molecule has 112 valence electrons. The van der Waals surface area contributed by atoms with Crippen LogP contribution in [0.2, 0.25) is 0 Å². The van der Waals surface area contributed by atoms with Crippen LogP contribution in [-0.2, 0) is 6.42 Å². The fourth-order valence-corrected chi connectivity index (χ4v) is 2.64. The van der Waals surface area contributed by atoms with E-state index in [0.717, 1.165) is 25.1 Å². The van der Waals surface area contributed by atoms with Crippen LogP contribution in [0.15, 0.2) is 36.5 Å². The summed E-state index contributed by atoms with van der Waals surface area (Å²) in [6, 6.07) is 11.3. The van der Waals surface area contributed by atoms with E-state index in [9.17, 15) is 0 Å². The minimum atomic E-state index is 0.334. The molecule has 1 N–H and O–H groups in total. The van der Waals surface area contributed by atoms with Crippen LogP contribution in [0.4, 0.5) is 0 Å². The Labute approximate surface area is 128 Å². The van der Waals surface area contributed by atoms with E-state index in [2.05, 4.69) is 62.3 Å². The summed E-state index contributed by atoms with van der Waals surface area (Å²) in [5, 5.41) is 3.67. The highest BCUT2D eigenvalue weighted by atomic mass is 14.9. The standard InChI is InChI=1S/C19H26N2/c1-5-10-21-19(18-7-6-11-20-16(18)4)13-17-9-8-14(2)15(3)12-17/h6-9,11-12,19,21H,5,10,13H2,1-4H3. The third kappa shape index (κ3) is 4.15. The Bertz CT molecular complexity index is 590. The number of aryl methyl sites for hydroxylation is 3. The Morgan fingerprint density at radius 2 is 1.90 bits per heavy atom. The van der Waals surface area contributed by atoms with Crippen LogP contribution in [0, 0.1) is 20.8 Å². The molecule has 1 unspecified atom stereocenters. The predicted molar refractivity (Wildman–Crippen MR) is 89.6 cm³/mol. The van der Waals surface area contributed by atoms with Gasteiger partial charge in [-0.05, 0) is 68.5 Å². The molecule has 2 heteroatoms. The molecule has 2 aromatic rings. The summed E-state index contributed by atoms with van der Waals surface area (Å²) in [6.07, 6.45) is 4.02. The van der Waals surface area contributed by atoms with Gasteiger partial charge in [-0.15, -0.1) is 0 Å². The molecule has 1 aromatic heterocycles. The van der Waals surface area contributed by atoms with E-state index in [1.54, 1.807) is 0 Å². The fourth-order valence-electron chi connectivity index (χ4n) is 2.64. The smallest absolute Gasteiger partial charge is 0.0420 e. The van der Waals surface area contributed by atoms with E-state index in [0.29, 0.717) is 6.04 Å². The third-order valence-corrected chi connectivity index (χ3v) is 4.08. The molecule has 1 atom stereocenters. The normalized spacial score (nSPS) is 12.4. The average Bonchev–Trinajstić information content (AvgIpc) is 2.48. The Kier molecular flexibility index (Phi) is 5.51. The maximum Gasteiger partial charge on any atom is 0.0420 e. The number of hydrogen-bond donors (Lipinski definition) is 1. The van der Waals surface area contributed by atoms with E-state index in [1.807, 2.05) is 12.3 Å². The number of nitrogens with one attached hydrogen (secondary N) is 1. The molecule has 2 rings (SSSR count). The predicted octanol–water partition coefficient (Wildman–Crippen LogP) is 4.29. The summed E-state index contributed by atoms with van der Waals surface area (Å²) in [5.74, 6) is 0. The van der Waals surface area contributed by atoms with Crippen molar-refractivity contribution in [3.05, 3.63) is 64.5 Å². The lowest BCUT2D eigenvalue weighted by atomic mass is 9.95. The van der Waals surface area contributed by atoms with E-state index >= 15 is 0 Å². The Balaban J connectivity index is 2.24. The average molecular weight is 282 g/mol. The zero-order valence-electron chi connectivity index (χ0n) is 13.6. The van der Waals surface area contributed by atoms with Crippen molar-refractivity contribution in [2.45, 2.75) is 46.6 Å². The van der Waals surface area contributed by atoms with Gasteiger partial charge in [0.05, 0.1) is 0 Å². The molecule has 0 fully saturated rings. The fraction of sp³-hybridized carbons (Fsp3) is 0.421. The van der Waals surface area contributed by atoms with Crippen LogP contribution < -0.4 is 5.32 Å². The van der Waals surface area contributed by atoms with Gasteiger partial charge in [0.2, 0.25) is 0 Å². The van der Waals surface area contributed by atoms with Crippen LogP contribution in [0.3, 0.4) is 0 Å². The highest BCUT2D eigenvalue weighted by molar-refractivity contribution is 5.32. The van der Waals surface area contributed by atoms with Crippen molar-refractivity contribution in [1.29, 1.82) is 0 Å². The van der Waals surface area contributed by atoms with Crippen LogP contribution in [0.25, 0.3) is 0 Å². The molecule has 0 saturated heterocycles. The van der Waals surface area contributed by atoms with Gasteiger partial charge in [-0.25, -0.2) is 0 Å². The molecule has 0 aliphatic rings. The summed E-state index contributed by atoms with van der Waals surface area (Å²) < 4.78 is 0. The SMILES string of the molecule is CCCNC(Cc1ccc(C)c(C)c1)c1cccnc1C. The maximum atomic E-state index is 4.44. The molecule has 0 aliphatic heterocycles. The molecule has 0 saturated carbocycles. The summed E-state index contributed by atoms with van der Waals surface area (Å²) >= 11 is 0. The second-order valence-corrected chi connectivity index (χ2v) is 5.81. The van der Waals surface area contributed by atoms with Gasteiger partial charge in [0, 0.05) is 17.9 Å². The minimum absolute atomic E-state index is 0.334. The lowest BCUT2D eigenvalue weighted by Crippen LogP contribution is -2.25. The van der Waals surface area contributed by atoms with E-state index in [4.69, 9.17) is 0 Å². The van der Waals surface area contributed by atoms with Gasteiger partial charge in [0.15, 0.2) is 0 Å². The number of rotatable bonds is 6. The summed E-state index contributed by atoms with van der Waals surface area (Å²) in [6.45, 7) is 9.68. The van der Waals surface area contributed by atoms with E-state index in [-0.39, 0.29) is 0 Å². The second kappa shape index (κ2) is 7.37. The van der Waals surface area contributed by atoms with Crippen molar-refractivity contribution in [2.24, 2.45) is 0 Å². The van der Waals surface area contributed by atoms with Crippen LogP contribution in [0.1, 0.15) is 47.3 Å². The molecule has 0 amide bonds. The Morgan fingerprint density at radius 3 is 2.57 bits per heavy atom. The van der Waals surface area contributed by atoms with Crippen LogP contribution >= 0.6 is 0 Å². The van der Waals surface area contributed by atoms with Crippen molar-refractivity contribution in [3.63, 3.8) is 0 Å². The lowest BCUT2D eigenvalue weighted by Gasteiger charge is -2.21. The largest absolute Gasteiger partial charge is 0.310 e. The first kappa shape index (κ1) is 15.7. The van der Waals surface area contributed by atoms with Gasteiger partial charge in [-0.3, -0.25) is 4.98 Å². The molecule has 0 radical (unpaired) electrons. The summed E-state index contributed by atoms with van der Waals surface area (Å²) in [7, 11) is 0. The molecule has 0 bridgehead atoms. The first-order valence-electron chi connectivity index (χ1n) is 7.82. The van der Waals surface area contributed by atoms with Crippen LogP contribution in [-0.4, -0.2) is 11.5 Å². The molecule has 0 aliphatic carbocycles. The van der Waals surface area contributed by atoms with Gasteiger partial charge in [-0.2, -0.15) is 0 Å². The zero-order valence-corrected chi connectivity index (χ0v) is 13.6. The van der Waals surface area contributed by atoms with Gasteiger partial charge in [-0.1, -0.05) is 31.2 Å².